The molecular formula is C22H18ClN3O2. The molecule has 0 unspecified atom stereocenters. The van der Waals surface area contributed by atoms with Gasteiger partial charge in [-0.2, -0.15) is 5.26 Å². The molecule has 6 heteroatoms. The van der Waals surface area contributed by atoms with Crippen LogP contribution < -0.4 is 10.2 Å². The highest BCUT2D eigenvalue weighted by molar-refractivity contribution is 6.30. The lowest BCUT2D eigenvalue weighted by molar-refractivity contribution is -0.112. The molecular weight excluding hydrogens is 374 g/mol. The molecule has 5 nitrogen and oxygen atoms in total. The number of halogens is 1. The molecule has 28 heavy (non-hydrogen) atoms. The first kappa shape index (κ1) is 19.3. The van der Waals surface area contributed by atoms with Gasteiger partial charge in [-0.05, 0) is 48.5 Å². The molecule has 0 aliphatic rings. The molecule has 0 radical (unpaired) electrons. The first-order valence-corrected chi connectivity index (χ1v) is 8.90. The predicted octanol–water partition coefficient (Wildman–Crippen LogP) is 5.21. The molecule has 0 spiro atoms. The van der Waals surface area contributed by atoms with Crippen LogP contribution in [-0.4, -0.2) is 20.0 Å². The van der Waals surface area contributed by atoms with Crippen LogP contribution in [0.3, 0.4) is 0 Å². The maximum Gasteiger partial charge on any atom is 0.266 e. The molecule has 0 bridgehead atoms. The minimum Gasteiger partial charge on any atom is -0.457 e. The quantitative estimate of drug-likeness (QED) is 0.478. The van der Waals surface area contributed by atoms with Gasteiger partial charge in [0.25, 0.3) is 5.91 Å². The molecule has 0 aliphatic carbocycles. The van der Waals surface area contributed by atoms with Gasteiger partial charge in [-0.15, -0.1) is 0 Å². The molecule has 0 aliphatic heterocycles. The summed E-state index contributed by atoms with van der Waals surface area (Å²) in [6, 6.07) is 20.0. The molecule has 1 aromatic heterocycles. The summed E-state index contributed by atoms with van der Waals surface area (Å²) in [4.78, 5) is 14.4. The largest absolute Gasteiger partial charge is 0.457 e. The minimum atomic E-state index is -0.499. The first-order chi connectivity index (χ1) is 13.5. The fourth-order valence-electron chi connectivity index (χ4n) is 2.56. The van der Waals surface area contributed by atoms with E-state index in [4.69, 9.17) is 16.0 Å². The lowest BCUT2D eigenvalue weighted by Gasteiger charge is -2.12. The van der Waals surface area contributed by atoms with Gasteiger partial charge in [0, 0.05) is 42.1 Å². The summed E-state index contributed by atoms with van der Waals surface area (Å²) in [5, 5.41) is 12.7. The van der Waals surface area contributed by atoms with Gasteiger partial charge in [0.2, 0.25) is 0 Å². The number of amides is 1. The van der Waals surface area contributed by atoms with Crippen LogP contribution in [0.4, 0.5) is 11.4 Å². The number of hydrogen-bond donors (Lipinski definition) is 1. The molecule has 1 heterocycles. The highest BCUT2D eigenvalue weighted by Crippen LogP contribution is 2.26. The van der Waals surface area contributed by atoms with Crippen molar-refractivity contribution < 1.29 is 9.21 Å². The summed E-state index contributed by atoms with van der Waals surface area (Å²) in [6.07, 6.45) is 1.41. The number of nitrogens with zero attached hydrogens (tertiary/aromatic N) is 2. The van der Waals surface area contributed by atoms with Crippen LogP contribution >= 0.6 is 11.6 Å². The van der Waals surface area contributed by atoms with Crippen molar-refractivity contribution in [3.63, 3.8) is 0 Å². The summed E-state index contributed by atoms with van der Waals surface area (Å²) in [5.74, 6) is 0.510. The van der Waals surface area contributed by atoms with Gasteiger partial charge < -0.3 is 14.6 Å². The van der Waals surface area contributed by atoms with E-state index in [1.54, 1.807) is 36.4 Å². The van der Waals surface area contributed by atoms with Gasteiger partial charge in [0.15, 0.2) is 0 Å². The predicted molar refractivity (Wildman–Crippen MR) is 112 cm³/mol. The number of nitriles is 1. The summed E-state index contributed by atoms with van der Waals surface area (Å²) in [6.45, 7) is 0. The standard InChI is InChI=1S/C22H18ClN3O2/c1-26(2)19-8-6-18(7-9-19)25-22(27)16(14-24)13-20-10-11-21(28-20)15-4-3-5-17(23)12-15/h3-13H,1-2H3,(H,25,27). The topological polar surface area (TPSA) is 69.3 Å². The normalized spacial score (nSPS) is 11.0. The average molecular weight is 392 g/mol. The van der Waals surface area contributed by atoms with Crippen LogP contribution in [0, 0.1) is 11.3 Å². The van der Waals surface area contributed by atoms with Crippen molar-refractivity contribution in [1.82, 2.24) is 0 Å². The zero-order valence-electron chi connectivity index (χ0n) is 15.4. The number of nitrogens with one attached hydrogen (secondary N) is 1. The van der Waals surface area contributed by atoms with Crippen LogP contribution in [-0.2, 0) is 4.79 Å². The lowest BCUT2D eigenvalue weighted by atomic mass is 10.2. The Balaban J connectivity index is 1.76. The molecule has 140 valence electrons. The van der Waals surface area contributed by atoms with Crippen molar-refractivity contribution in [3.8, 4) is 17.4 Å². The minimum absolute atomic E-state index is 0.0521. The van der Waals surface area contributed by atoms with Crippen molar-refractivity contribution >= 4 is 35.0 Å². The van der Waals surface area contributed by atoms with Crippen LogP contribution in [0.5, 0.6) is 0 Å². The Bertz CT molecular complexity index is 1060. The van der Waals surface area contributed by atoms with E-state index >= 15 is 0 Å². The van der Waals surface area contributed by atoms with E-state index in [0.29, 0.717) is 22.2 Å². The molecule has 0 atom stereocenters. The molecule has 3 aromatic rings. The van der Waals surface area contributed by atoms with Crippen molar-refractivity contribution in [3.05, 3.63) is 77.0 Å². The number of furan rings is 1. The zero-order chi connectivity index (χ0) is 20.1. The van der Waals surface area contributed by atoms with Crippen molar-refractivity contribution in [1.29, 1.82) is 5.26 Å². The van der Waals surface area contributed by atoms with Gasteiger partial charge in [-0.25, -0.2) is 0 Å². The molecule has 1 N–H and O–H groups in total. The average Bonchev–Trinajstić information content (AvgIpc) is 3.15. The number of rotatable bonds is 5. The number of carbonyl (C=O) groups excluding carboxylic acids is 1. The Morgan fingerprint density at radius 2 is 1.89 bits per heavy atom. The molecule has 0 saturated heterocycles. The molecule has 0 saturated carbocycles. The Labute approximate surface area is 168 Å². The summed E-state index contributed by atoms with van der Waals surface area (Å²) in [5.41, 5.74) is 2.38. The Kier molecular flexibility index (Phi) is 5.83. The van der Waals surface area contributed by atoms with Crippen molar-refractivity contribution in [2.75, 3.05) is 24.3 Å². The fourth-order valence-corrected chi connectivity index (χ4v) is 2.75. The summed E-state index contributed by atoms with van der Waals surface area (Å²) >= 11 is 6.00. The van der Waals surface area contributed by atoms with E-state index in [1.165, 1.54) is 6.08 Å². The van der Waals surface area contributed by atoms with Gasteiger partial charge in [-0.3, -0.25) is 4.79 Å². The lowest BCUT2D eigenvalue weighted by Crippen LogP contribution is -2.14. The second kappa shape index (κ2) is 8.47. The Morgan fingerprint density at radius 1 is 1.14 bits per heavy atom. The van der Waals surface area contributed by atoms with Crippen LogP contribution in [0.25, 0.3) is 17.4 Å². The van der Waals surface area contributed by atoms with E-state index in [9.17, 15) is 10.1 Å². The first-order valence-electron chi connectivity index (χ1n) is 8.52. The smallest absolute Gasteiger partial charge is 0.266 e. The monoisotopic (exact) mass is 391 g/mol. The van der Waals surface area contributed by atoms with Crippen LogP contribution in [0.2, 0.25) is 5.02 Å². The van der Waals surface area contributed by atoms with Crippen molar-refractivity contribution in [2.24, 2.45) is 0 Å². The highest BCUT2D eigenvalue weighted by Gasteiger charge is 2.12. The molecule has 0 fully saturated rings. The van der Waals surface area contributed by atoms with Gasteiger partial charge >= 0.3 is 0 Å². The fraction of sp³-hybridized carbons (Fsp3) is 0.0909. The van der Waals surface area contributed by atoms with Gasteiger partial charge in [0.1, 0.15) is 23.2 Å². The highest BCUT2D eigenvalue weighted by atomic mass is 35.5. The maximum atomic E-state index is 12.4. The number of benzene rings is 2. The number of anilines is 2. The van der Waals surface area contributed by atoms with Crippen molar-refractivity contribution in [2.45, 2.75) is 0 Å². The van der Waals surface area contributed by atoms with E-state index in [-0.39, 0.29) is 5.57 Å². The van der Waals surface area contributed by atoms with Crippen LogP contribution in [0.1, 0.15) is 5.76 Å². The number of carbonyl (C=O) groups is 1. The third-order valence-electron chi connectivity index (χ3n) is 4.03. The van der Waals surface area contributed by atoms with E-state index < -0.39 is 5.91 Å². The van der Waals surface area contributed by atoms with Gasteiger partial charge in [-0.1, -0.05) is 23.7 Å². The molecule has 3 rings (SSSR count). The Hall–Kier alpha value is -3.49. The second-order valence-corrected chi connectivity index (χ2v) is 6.71. The SMILES string of the molecule is CN(C)c1ccc(NC(=O)C(C#N)=Cc2ccc(-c3cccc(Cl)c3)o2)cc1. The molecule has 1 amide bonds. The third kappa shape index (κ3) is 4.61. The maximum absolute atomic E-state index is 12.4. The number of hydrogen-bond acceptors (Lipinski definition) is 4. The summed E-state index contributed by atoms with van der Waals surface area (Å²) in [7, 11) is 3.87. The second-order valence-electron chi connectivity index (χ2n) is 6.28. The zero-order valence-corrected chi connectivity index (χ0v) is 16.2. The van der Waals surface area contributed by atoms with E-state index in [1.807, 2.05) is 49.3 Å². The van der Waals surface area contributed by atoms with E-state index in [2.05, 4.69) is 5.32 Å². The van der Waals surface area contributed by atoms with Crippen LogP contribution in [0.15, 0.2) is 70.7 Å². The molecule has 2 aromatic carbocycles. The third-order valence-corrected chi connectivity index (χ3v) is 4.26. The Morgan fingerprint density at radius 3 is 2.54 bits per heavy atom. The summed E-state index contributed by atoms with van der Waals surface area (Å²) < 4.78 is 5.73. The van der Waals surface area contributed by atoms with E-state index in [0.717, 1.165) is 11.3 Å². The van der Waals surface area contributed by atoms with Gasteiger partial charge in [0.05, 0.1) is 0 Å².